The first-order valence-electron chi connectivity index (χ1n) is 6.20. The molecule has 0 radical (unpaired) electrons. The Morgan fingerprint density at radius 1 is 1.47 bits per heavy atom. The summed E-state index contributed by atoms with van der Waals surface area (Å²) in [6.07, 6.45) is -3.46. The Kier molecular flexibility index (Phi) is 3.64. The van der Waals surface area contributed by atoms with Gasteiger partial charge in [-0.25, -0.2) is 0 Å². The maximum absolute atomic E-state index is 12.9. The van der Waals surface area contributed by atoms with Gasteiger partial charge in [0, 0.05) is 17.5 Å². The second-order valence-electron chi connectivity index (χ2n) is 4.85. The van der Waals surface area contributed by atoms with Crippen LogP contribution in [0.2, 0.25) is 0 Å². The molecule has 2 fully saturated rings. The molecule has 3 unspecified atom stereocenters. The number of fused-ring (bicyclic) bond motifs is 1. The van der Waals surface area contributed by atoms with E-state index in [9.17, 15) is 18.0 Å². The number of carbonyl (C=O) groups excluding carboxylic acids is 1. The van der Waals surface area contributed by atoms with Crippen LogP contribution in [0.4, 0.5) is 13.2 Å². The van der Waals surface area contributed by atoms with Gasteiger partial charge in [0.1, 0.15) is 12.3 Å². The van der Waals surface area contributed by atoms with Crippen molar-refractivity contribution >= 4 is 17.4 Å². The Bertz CT molecular complexity index is 431. The molecule has 4 nitrogen and oxygen atoms in total. The lowest BCUT2D eigenvalue weighted by atomic mass is 9.95. The molecule has 7 heteroatoms. The number of carbonyl (C=O) groups is 1. The van der Waals surface area contributed by atoms with E-state index >= 15 is 0 Å². The predicted octanol–water partition coefficient (Wildman–Crippen LogP) is 2.23. The van der Waals surface area contributed by atoms with Crippen LogP contribution in [-0.2, 0) is 9.53 Å². The molecule has 2 saturated carbocycles. The summed E-state index contributed by atoms with van der Waals surface area (Å²) in [5.74, 6) is -1.55. The molecule has 1 N–H and O–H groups in total. The number of hydrogen-bond acceptors (Lipinski definition) is 4. The third-order valence-corrected chi connectivity index (χ3v) is 3.54. The lowest BCUT2D eigenvalue weighted by molar-refractivity contribution is -0.141. The summed E-state index contributed by atoms with van der Waals surface area (Å²) in [5.41, 5.74) is -0.886. The molecular formula is C12H15F3N2O2. The highest BCUT2D eigenvalue weighted by molar-refractivity contribution is 6.12. The highest BCUT2D eigenvalue weighted by Gasteiger charge is 2.55. The molecule has 0 amide bonds. The molecule has 2 rings (SSSR count). The Labute approximate surface area is 108 Å². The van der Waals surface area contributed by atoms with Gasteiger partial charge in [-0.15, -0.1) is 0 Å². The highest BCUT2D eigenvalue weighted by atomic mass is 19.4. The van der Waals surface area contributed by atoms with Crippen LogP contribution >= 0.6 is 0 Å². The molecule has 2 aliphatic rings. The van der Waals surface area contributed by atoms with Crippen LogP contribution in [0, 0.1) is 23.2 Å². The fourth-order valence-electron chi connectivity index (χ4n) is 2.59. The molecule has 106 valence electrons. The van der Waals surface area contributed by atoms with Crippen molar-refractivity contribution < 1.29 is 22.7 Å². The van der Waals surface area contributed by atoms with Gasteiger partial charge in [-0.2, -0.15) is 13.2 Å². The number of nitrogens with zero attached hydrogens (tertiary/aromatic N) is 1. The van der Waals surface area contributed by atoms with Crippen LogP contribution in [0.25, 0.3) is 0 Å². The number of halogens is 3. The van der Waals surface area contributed by atoms with Crippen molar-refractivity contribution in [1.82, 2.24) is 0 Å². The number of hydrogen-bond donors (Lipinski definition) is 1. The third-order valence-electron chi connectivity index (χ3n) is 3.54. The Balaban J connectivity index is 2.10. The quantitative estimate of drug-likeness (QED) is 0.632. The van der Waals surface area contributed by atoms with Gasteiger partial charge in [0.15, 0.2) is 0 Å². The van der Waals surface area contributed by atoms with Crippen LogP contribution in [-0.4, -0.2) is 36.7 Å². The minimum absolute atomic E-state index is 0.000133. The van der Waals surface area contributed by atoms with Crippen molar-refractivity contribution in [1.29, 1.82) is 5.41 Å². The highest BCUT2D eigenvalue weighted by Crippen LogP contribution is 2.53. The maximum Gasteiger partial charge on any atom is 0.429 e. The van der Waals surface area contributed by atoms with E-state index < -0.39 is 30.3 Å². The monoisotopic (exact) mass is 276 g/mol. The summed E-state index contributed by atoms with van der Waals surface area (Å²) in [7, 11) is 0. The second-order valence-corrected chi connectivity index (χ2v) is 4.85. The molecular weight excluding hydrogens is 261 g/mol. The van der Waals surface area contributed by atoms with E-state index in [1.165, 1.54) is 0 Å². The van der Waals surface area contributed by atoms with Crippen molar-refractivity contribution in [3.05, 3.63) is 0 Å². The van der Waals surface area contributed by atoms with Gasteiger partial charge in [0.05, 0.1) is 6.61 Å². The third kappa shape index (κ3) is 2.96. The first-order chi connectivity index (χ1) is 8.84. The van der Waals surface area contributed by atoms with Gasteiger partial charge < -0.3 is 10.1 Å². The zero-order chi connectivity index (χ0) is 14.2. The van der Waals surface area contributed by atoms with Crippen LogP contribution in [0.5, 0.6) is 0 Å². The fourth-order valence-corrected chi connectivity index (χ4v) is 2.59. The molecule has 0 aromatic heterocycles. The van der Waals surface area contributed by atoms with Crippen LogP contribution in [0.3, 0.4) is 0 Å². The SMILES string of the molecule is CCOC(=O)CN=C(C1CC2CC2C1=N)C(F)(F)F. The van der Waals surface area contributed by atoms with E-state index in [0.717, 1.165) is 6.42 Å². The van der Waals surface area contributed by atoms with Gasteiger partial charge in [-0.05, 0) is 25.7 Å². The van der Waals surface area contributed by atoms with E-state index in [1.807, 2.05) is 0 Å². The molecule has 0 spiro atoms. The lowest BCUT2D eigenvalue weighted by Gasteiger charge is -2.18. The minimum Gasteiger partial charge on any atom is -0.465 e. The molecule has 0 bridgehead atoms. The number of esters is 1. The van der Waals surface area contributed by atoms with Gasteiger partial charge >= 0.3 is 12.1 Å². The van der Waals surface area contributed by atoms with Crippen molar-refractivity contribution in [2.45, 2.75) is 25.9 Å². The second kappa shape index (κ2) is 4.94. The summed E-state index contributed by atoms with van der Waals surface area (Å²) in [6.45, 7) is 1.05. The Morgan fingerprint density at radius 3 is 2.63 bits per heavy atom. The van der Waals surface area contributed by atoms with Gasteiger partial charge in [0.2, 0.25) is 0 Å². The minimum atomic E-state index is -4.60. The number of alkyl halides is 3. The Morgan fingerprint density at radius 2 is 2.16 bits per heavy atom. The van der Waals surface area contributed by atoms with Gasteiger partial charge in [-0.3, -0.25) is 9.79 Å². The Hall–Kier alpha value is -1.40. The van der Waals surface area contributed by atoms with Crippen LogP contribution < -0.4 is 0 Å². The first-order valence-corrected chi connectivity index (χ1v) is 6.20. The summed E-state index contributed by atoms with van der Waals surface area (Å²) in [5, 5.41) is 7.73. The molecule has 0 saturated heterocycles. The van der Waals surface area contributed by atoms with Crippen molar-refractivity contribution in [2.24, 2.45) is 22.7 Å². The van der Waals surface area contributed by atoms with Crippen molar-refractivity contribution in [2.75, 3.05) is 13.2 Å². The van der Waals surface area contributed by atoms with Crippen LogP contribution in [0.15, 0.2) is 4.99 Å². The lowest BCUT2D eigenvalue weighted by Crippen LogP contribution is -2.35. The topological polar surface area (TPSA) is 62.5 Å². The number of nitrogens with one attached hydrogen (secondary N) is 1. The summed E-state index contributed by atoms with van der Waals surface area (Å²) in [6, 6.07) is 0. The summed E-state index contributed by atoms with van der Waals surface area (Å²) >= 11 is 0. The molecule has 19 heavy (non-hydrogen) atoms. The fraction of sp³-hybridized carbons (Fsp3) is 0.750. The van der Waals surface area contributed by atoms with Crippen LogP contribution in [0.1, 0.15) is 19.8 Å². The molecule has 2 aliphatic carbocycles. The van der Waals surface area contributed by atoms with E-state index in [1.54, 1.807) is 6.92 Å². The molecule has 0 aromatic rings. The average Bonchev–Trinajstić information content (AvgIpc) is 2.98. The van der Waals surface area contributed by atoms with Gasteiger partial charge in [-0.1, -0.05) is 0 Å². The number of rotatable bonds is 4. The van der Waals surface area contributed by atoms with E-state index in [4.69, 9.17) is 5.41 Å². The molecule has 0 aliphatic heterocycles. The standard InChI is InChI=1S/C12H15F3N2O2/c1-2-19-9(18)5-17-11(12(13,14)15)8-4-6-3-7(6)10(8)16/h6-8,16H,2-5H2,1H3. The zero-order valence-corrected chi connectivity index (χ0v) is 10.5. The van der Waals surface area contributed by atoms with Gasteiger partial charge in [0.25, 0.3) is 0 Å². The van der Waals surface area contributed by atoms with Crippen molar-refractivity contribution in [3.8, 4) is 0 Å². The molecule has 3 atom stereocenters. The smallest absolute Gasteiger partial charge is 0.429 e. The van der Waals surface area contributed by atoms with E-state index in [2.05, 4.69) is 9.73 Å². The summed E-state index contributed by atoms with van der Waals surface area (Å²) in [4.78, 5) is 14.5. The summed E-state index contributed by atoms with van der Waals surface area (Å²) < 4.78 is 43.4. The largest absolute Gasteiger partial charge is 0.465 e. The van der Waals surface area contributed by atoms with E-state index in [-0.39, 0.29) is 24.2 Å². The normalized spacial score (nSPS) is 30.2. The van der Waals surface area contributed by atoms with E-state index in [0.29, 0.717) is 6.42 Å². The average molecular weight is 276 g/mol. The molecule has 0 heterocycles. The zero-order valence-electron chi connectivity index (χ0n) is 10.5. The molecule has 0 aromatic carbocycles. The number of aliphatic imine (C=N–C) groups is 1. The number of ether oxygens (including phenoxy) is 1. The van der Waals surface area contributed by atoms with Crippen molar-refractivity contribution in [3.63, 3.8) is 0 Å². The maximum atomic E-state index is 12.9. The first kappa shape index (κ1) is 14.0. The predicted molar refractivity (Wildman–Crippen MR) is 62.4 cm³/mol.